The van der Waals surface area contributed by atoms with Crippen molar-refractivity contribution >= 4 is 47.6 Å². The molecule has 0 N–H and O–H groups in total. The van der Waals surface area contributed by atoms with Crippen molar-refractivity contribution in [3.8, 4) is 0 Å². The van der Waals surface area contributed by atoms with E-state index in [4.69, 9.17) is 21.1 Å². The zero-order chi connectivity index (χ0) is 33.3. The molecule has 3 rings (SSSR count). The number of amides is 1. The molecule has 244 valence electrons. The number of sulfonamides is 1. The predicted molar refractivity (Wildman–Crippen MR) is 168 cm³/mol. The standard InChI is InChI=1S/C29H40ClF3N4O5SSi/c1-28(2,3)42-27(38)37(18-41-11-12-44(6,7)8)26-35-29(4,17-43(39,40)36(26)5)20-13-19(9-10-22(20)31)14-24(33)25-15-23(32)21(30)16-34-25/h9-10,14-16,20H,11-13,17-18H2,1-8H3/b24-14-/t20?,29-/m0/s1. The number of allylic oxidation sites excluding steroid dienone is 4. The van der Waals surface area contributed by atoms with Gasteiger partial charge in [-0.15, -0.1) is 0 Å². The quantitative estimate of drug-likeness (QED) is 0.168. The second kappa shape index (κ2) is 13.4. The molecule has 44 heavy (non-hydrogen) atoms. The lowest BCUT2D eigenvalue weighted by molar-refractivity contribution is 0.00796. The third-order valence-corrected chi connectivity index (χ3v) is 10.9. The van der Waals surface area contributed by atoms with Crippen LogP contribution in [0, 0.1) is 11.7 Å². The Morgan fingerprint density at radius 1 is 1.27 bits per heavy atom. The highest BCUT2D eigenvalue weighted by molar-refractivity contribution is 7.89. The van der Waals surface area contributed by atoms with Gasteiger partial charge in [0.1, 0.15) is 35.5 Å². The summed E-state index contributed by atoms with van der Waals surface area (Å²) in [5, 5.41) is -0.268. The number of aromatic nitrogens is 1. The molecule has 15 heteroatoms. The van der Waals surface area contributed by atoms with E-state index in [1.807, 2.05) is 0 Å². The zero-order valence-electron chi connectivity index (χ0n) is 26.2. The fourth-order valence-electron chi connectivity index (χ4n) is 4.48. The largest absolute Gasteiger partial charge is 0.443 e. The second-order valence-corrected chi connectivity index (χ2v) is 21.3. The monoisotopic (exact) mass is 676 g/mol. The van der Waals surface area contributed by atoms with Gasteiger partial charge < -0.3 is 9.47 Å². The molecule has 1 aliphatic carbocycles. The molecule has 2 atom stereocenters. The van der Waals surface area contributed by atoms with E-state index in [0.29, 0.717) is 12.2 Å². The Bertz CT molecular complexity index is 1500. The van der Waals surface area contributed by atoms with Gasteiger partial charge in [0.15, 0.2) is 0 Å². The van der Waals surface area contributed by atoms with Crippen LogP contribution in [0.5, 0.6) is 0 Å². The molecule has 0 spiro atoms. The molecule has 0 saturated carbocycles. The van der Waals surface area contributed by atoms with Gasteiger partial charge in [-0.2, -0.15) is 0 Å². The number of hydrogen-bond acceptors (Lipinski definition) is 7. The Kier molecular flexibility index (Phi) is 10.9. The summed E-state index contributed by atoms with van der Waals surface area (Å²) in [4.78, 5) is 22.8. The van der Waals surface area contributed by atoms with Crippen molar-refractivity contribution in [3.05, 3.63) is 58.4 Å². The van der Waals surface area contributed by atoms with Crippen molar-refractivity contribution < 1.29 is 35.9 Å². The Labute approximate surface area is 263 Å². The smallest absolute Gasteiger partial charge is 0.419 e. The normalized spacial score (nSPS) is 22.6. The topological polar surface area (TPSA) is 101 Å². The Morgan fingerprint density at radius 2 is 1.93 bits per heavy atom. The average Bonchev–Trinajstić information content (AvgIpc) is 2.87. The van der Waals surface area contributed by atoms with Gasteiger partial charge in [-0.25, -0.2) is 40.6 Å². The SMILES string of the molecule is CN1C(N(COCC[Si](C)(C)C)C(=O)OC(C)(C)C)=N[C@](C)(C2CC(/C=C(\F)c3cc(F)c(Cl)cn3)=CC=C2F)CS1(=O)=O. The van der Waals surface area contributed by atoms with Crippen molar-refractivity contribution in [2.24, 2.45) is 10.9 Å². The Hall–Kier alpha value is -2.68. The molecule has 0 saturated heterocycles. The molecule has 1 aliphatic heterocycles. The van der Waals surface area contributed by atoms with Crippen LogP contribution in [0.1, 0.15) is 39.8 Å². The molecular weight excluding hydrogens is 637 g/mol. The number of halogens is 4. The Morgan fingerprint density at radius 3 is 2.52 bits per heavy atom. The number of carbonyl (C=O) groups is 1. The van der Waals surface area contributed by atoms with Crippen LogP contribution in [-0.2, 0) is 19.5 Å². The molecule has 0 bridgehead atoms. The van der Waals surface area contributed by atoms with E-state index >= 15 is 8.78 Å². The molecule has 2 heterocycles. The number of rotatable bonds is 8. The summed E-state index contributed by atoms with van der Waals surface area (Å²) in [5.41, 5.74) is -2.55. The van der Waals surface area contributed by atoms with Crippen LogP contribution >= 0.6 is 11.6 Å². The molecule has 1 aromatic rings. The van der Waals surface area contributed by atoms with Gasteiger partial charge in [-0.05, 0) is 57.9 Å². The number of carbonyl (C=O) groups excluding carboxylic acids is 1. The number of ether oxygens (including phenoxy) is 2. The Balaban J connectivity index is 2.00. The van der Waals surface area contributed by atoms with E-state index in [2.05, 4.69) is 29.6 Å². The molecule has 1 unspecified atom stereocenters. The summed E-state index contributed by atoms with van der Waals surface area (Å²) in [6.07, 6.45) is 3.47. The molecule has 1 amide bonds. The number of hydrogen-bond donors (Lipinski definition) is 0. The average molecular weight is 677 g/mol. The summed E-state index contributed by atoms with van der Waals surface area (Å²) < 4.78 is 83.5. The van der Waals surface area contributed by atoms with Gasteiger partial charge in [-0.1, -0.05) is 37.3 Å². The third-order valence-electron chi connectivity index (χ3n) is 6.95. The molecule has 2 aliphatic rings. The first-order valence-corrected chi connectivity index (χ1v) is 19.7. The van der Waals surface area contributed by atoms with Crippen molar-refractivity contribution in [2.75, 3.05) is 26.1 Å². The fourth-order valence-corrected chi connectivity index (χ4v) is 6.93. The summed E-state index contributed by atoms with van der Waals surface area (Å²) in [6.45, 7) is 12.9. The van der Waals surface area contributed by atoms with E-state index < -0.39 is 64.5 Å². The van der Waals surface area contributed by atoms with E-state index in [1.165, 1.54) is 20.0 Å². The maximum atomic E-state index is 15.4. The number of pyridine rings is 1. The van der Waals surface area contributed by atoms with Gasteiger partial charge in [-0.3, -0.25) is 4.98 Å². The minimum Gasteiger partial charge on any atom is -0.443 e. The molecule has 9 nitrogen and oxygen atoms in total. The lowest BCUT2D eigenvalue weighted by Crippen LogP contribution is -2.58. The third kappa shape index (κ3) is 9.18. The molecule has 0 aromatic carbocycles. The molecular formula is C29H40ClF3N4O5SSi. The van der Waals surface area contributed by atoms with Crippen LogP contribution in [0.4, 0.5) is 18.0 Å². The van der Waals surface area contributed by atoms with E-state index in [9.17, 15) is 17.6 Å². The lowest BCUT2D eigenvalue weighted by Gasteiger charge is -2.42. The van der Waals surface area contributed by atoms with Gasteiger partial charge in [0.2, 0.25) is 16.0 Å². The lowest BCUT2D eigenvalue weighted by atomic mass is 9.79. The molecule has 0 radical (unpaired) electrons. The van der Waals surface area contributed by atoms with Crippen molar-refractivity contribution in [1.29, 1.82) is 0 Å². The first kappa shape index (κ1) is 35.8. The maximum absolute atomic E-state index is 15.4. The van der Waals surface area contributed by atoms with Crippen LogP contribution in [-0.4, -0.2) is 80.0 Å². The van der Waals surface area contributed by atoms with Crippen molar-refractivity contribution in [2.45, 2.75) is 70.9 Å². The zero-order valence-corrected chi connectivity index (χ0v) is 28.8. The highest BCUT2D eigenvalue weighted by Crippen LogP contribution is 2.41. The van der Waals surface area contributed by atoms with Crippen LogP contribution in [0.15, 0.2) is 46.9 Å². The van der Waals surface area contributed by atoms with Crippen LogP contribution in [0.3, 0.4) is 0 Å². The molecule has 1 aromatic heterocycles. The van der Waals surface area contributed by atoms with Crippen LogP contribution < -0.4 is 0 Å². The second-order valence-electron chi connectivity index (χ2n) is 13.3. The molecule has 0 fully saturated rings. The summed E-state index contributed by atoms with van der Waals surface area (Å²) in [7, 11) is -4.35. The van der Waals surface area contributed by atoms with Gasteiger partial charge in [0.25, 0.3) is 0 Å². The van der Waals surface area contributed by atoms with E-state index in [1.54, 1.807) is 20.8 Å². The van der Waals surface area contributed by atoms with Crippen LogP contribution in [0.2, 0.25) is 30.7 Å². The fraction of sp³-hybridized carbons (Fsp3) is 0.552. The first-order valence-electron chi connectivity index (χ1n) is 14.0. The van der Waals surface area contributed by atoms with E-state index in [0.717, 1.165) is 39.7 Å². The van der Waals surface area contributed by atoms with Gasteiger partial charge in [0, 0.05) is 39.9 Å². The maximum Gasteiger partial charge on any atom is 0.419 e. The van der Waals surface area contributed by atoms with E-state index in [-0.39, 0.29) is 29.8 Å². The minimum absolute atomic E-state index is 0.141. The number of aliphatic imine (C=N–C) groups is 1. The highest BCUT2D eigenvalue weighted by Gasteiger charge is 2.49. The summed E-state index contributed by atoms with van der Waals surface area (Å²) >= 11 is 5.64. The summed E-state index contributed by atoms with van der Waals surface area (Å²) in [6, 6.07) is 1.63. The van der Waals surface area contributed by atoms with Gasteiger partial charge >= 0.3 is 6.09 Å². The minimum atomic E-state index is -4.12. The number of nitrogens with zero attached hydrogens (tertiary/aromatic N) is 4. The summed E-state index contributed by atoms with van der Waals surface area (Å²) in [5.74, 6) is -4.43. The van der Waals surface area contributed by atoms with Crippen molar-refractivity contribution in [3.63, 3.8) is 0 Å². The highest BCUT2D eigenvalue weighted by atomic mass is 35.5. The van der Waals surface area contributed by atoms with Crippen LogP contribution in [0.25, 0.3) is 5.83 Å². The van der Waals surface area contributed by atoms with Gasteiger partial charge in [0.05, 0.1) is 16.3 Å². The van der Waals surface area contributed by atoms with Crippen molar-refractivity contribution in [1.82, 2.24) is 14.2 Å². The predicted octanol–water partition coefficient (Wildman–Crippen LogP) is 6.92. The number of guanidine groups is 1. The first-order chi connectivity index (χ1) is 20.1.